The zero-order chi connectivity index (χ0) is 29.0. The Balaban J connectivity index is 1.70. The number of thioether (sulfide) groups is 1. The average Bonchev–Trinajstić information content (AvgIpc) is 3.28. The summed E-state index contributed by atoms with van der Waals surface area (Å²) in [5.41, 5.74) is 2.48. The quantitative estimate of drug-likeness (QED) is 0.368. The third kappa shape index (κ3) is 7.14. The summed E-state index contributed by atoms with van der Waals surface area (Å²) >= 11 is 1.79. The van der Waals surface area contributed by atoms with Crippen molar-refractivity contribution in [2.24, 2.45) is 0 Å². The molecule has 0 aliphatic carbocycles. The van der Waals surface area contributed by atoms with Crippen LogP contribution in [-0.2, 0) is 55.7 Å². The summed E-state index contributed by atoms with van der Waals surface area (Å²) in [5.74, 6) is -2.87. The number of aromatic hydroxyl groups is 1. The second-order valence-electron chi connectivity index (χ2n) is 9.77. The maximum Gasteiger partial charge on any atom is 0.303 e. The first-order valence-corrected chi connectivity index (χ1v) is 13.8. The van der Waals surface area contributed by atoms with E-state index in [2.05, 4.69) is 12.1 Å². The SMILES string of the molecule is CC(=O)OC[C@H]1O[C@@H](c2cc(CC3Cc4ccccc4S3)ccc2O)[C@H](OC(C)=O)C(OC(C)=O)[C@@H]1OC(C)=O. The molecule has 4 rings (SSSR count). The highest BCUT2D eigenvalue weighted by Gasteiger charge is 2.53. The Hall–Kier alpha value is -3.57. The molecule has 214 valence electrons. The molecule has 40 heavy (non-hydrogen) atoms. The van der Waals surface area contributed by atoms with Crippen LogP contribution in [0.4, 0.5) is 0 Å². The van der Waals surface area contributed by atoms with Gasteiger partial charge in [-0.25, -0.2) is 0 Å². The third-order valence-electron chi connectivity index (χ3n) is 6.57. The van der Waals surface area contributed by atoms with E-state index >= 15 is 0 Å². The van der Waals surface area contributed by atoms with Crippen LogP contribution in [0.15, 0.2) is 47.4 Å². The number of ether oxygens (including phenoxy) is 5. The smallest absolute Gasteiger partial charge is 0.303 e. The molecule has 2 heterocycles. The Labute approximate surface area is 236 Å². The van der Waals surface area contributed by atoms with Crippen LogP contribution in [0.25, 0.3) is 0 Å². The highest BCUT2D eigenvalue weighted by molar-refractivity contribution is 8.00. The molecule has 1 N–H and O–H groups in total. The van der Waals surface area contributed by atoms with Crippen molar-refractivity contribution in [1.29, 1.82) is 0 Å². The lowest BCUT2D eigenvalue weighted by molar-refractivity contribution is -0.254. The minimum atomic E-state index is -1.31. The van der Waals surface area contributed by atoms with E-state index in [1.54, 1.807) is 17.8 Å². The first-order valence-electron chi connectivity index (χ1n) is 12.9. The molecule has 2 unspecified atom stereocenters. The van der Waals surface area contributed by atoms with Gasteiger partial charge < -0.3 is 28.8 Å². The van der Waals surface area contributed by atoms with E-state index in [0.29, 0.717) is 6.42 Å². The fourth-order valence-electron chi connectivity index (χ4n) is 5.07. The summed E-state index contributed by atoms with van der Waals surface area (Å²) < 4.78 is 27.9. The summed E-state index contributed by atoms with van der Waals surface area (Å²) in [6, 6.07) is 13.4. The topological polar surface area (TPSA) is 135 Å². The molecule has 2 aromatic carbocycles. The predicted octanol–water partition coefficient (Wildman–Crippen LogP) is 3.45. The number of hydrogen-bond acceptors (Lipinski definition) is 11. The third-order valence-corrected chi connectivity index (χ3v) is 7.89. The Bertz CT molecular complexity index is 1250. The second kappa shape index (κ2) is 12.7. The van der Waals surface area contributed by atoms with Crippen molar-refractivity contribution in [1.82, 2.24) is 0 Å². The number of carbonyl (C=O) groups is 4. The molecule has 1 saturated heterocycles. The molecule has 2 aromatic rings. The Morgan fingerprint density at radius 2 is 1.52 bits per heavy atom. The molecule has 0 aromatic heterocycles. The van der Waals surface area contributed by atoms with Crippen molar-refractivity contribution in [2.45, 2.75) is 81.2 Å². The van der Waals surface area contributed by atoms with Crippen molar-refractivity contribution in [3.63, 3.8) is 0 Å². The van der Waals surface area contributed by atoms with Crippen molar-refractivity contribution in [2.75, 3.05) is 6.61 Å². The lowest BCUT2D eigenvalue weighted by Gasteiger charge is -2.44. The van der Waals surface area contributed by atoms with Gasteiger partial charge in [0.1, 0.15) is 24.6 Å². The van der Waals surface area contributed by atoms with E-state index in [1.807, 2.05) is 18.2 Å². The number of phenols is 1. The molecule has 0 spiro atoms. The Kier molecular flexibility index (Phi) is 9.36. The molecule has 0 radical (unpaired) electrons. The fourth-order valence-corrected chi connectivity index (χ4v) is 6.43. The minimum Gasteiger partial charge on any atom is -0.508 e. The Morgan fingerprint density at radius 1 is 0.875 bits per heavy atom. The number of fused-ring (bicyclic) bond motifs is 1. The van der Waals surface area contributed by atoms with E-state index < -0.39 is 54.4 Å². The average molecular weight is 573 g/mol. The minimum absolute atomic E-state index is 0.132. The number of rotatable bonds is 8. The van der Waals surface area contributed by atoms with Crippen LogP contribution in [0.2, 0.25) is 0 Å². The number of carbonyl (C=O) groups excluding carboxylic acids is 4. The standard InChI is InChI=1S/C29H32O10S/c1-15(30)35-14-24-27(36-16(2)31)29(38-18(4)33)28(37-17(3)32)26(39-24)22-12-19(9-10-23(22)34)11-21-13-20-7-5-6-8-25(20)40-21/h5-10,12,21,24,26-29,34H,11,13-14H2,1-4H3/t21?,24-,26+,27-,28+,29?/m1/s1. The molecule has 0 amide bonds. The lowest BCUT2D eigenvalue weighted by Crippen LogP contribution is -2.59. The monoisotopic (exact) mass is 572 g/mol. The van der Waals surface area contributed by atoms with Crippen molar-refractivity contribution >= 4 is 35.6 Å². The molecular weight excluding hydrogens is 540 g/mol. The summed E-state index contributed by atoms with van der Waals surface area (Å²) in [4.78, 5) is 49.1. The lowest BCUT2D eigenvalue weighted by atomic mass is 9.89. The van der Waals surface area contributed by atoms with Crippen molar-refractivity contribution in [3.8, 4) is 5.75 Å². The summed E-state index contributed by atoms with van der Waals surface area (Å²) in [7, 11) is 0. The van der Waals surface area contributed by atoms with E-state index in [4.69, 9.17) is 23.7 Å². The van der Waals surface area contributed by atoms with Gasteiger partial charge in [0.2, 0.25) is 0 Å². The van der Waals surface area contributed by atoms with E-state index in [-0.39, 0.29) is 23.2 Å². The van der Waals surface area contributed by atoms with Crippen LogP contribution in [0.5, 0.6) is 5.75 Å². The fraction of sp³-hybridized carbons (Fsp3) is 0.448. The maximum absolute atomic E-state index is 12.2. The zero-order valence-corrected chi connectivity index (χ0v) is 23.5. The highest BCUT2D eigenvalue weighted by Crippen LogP contribution is 2.42. The maximum atomic E-state index is 12.2. The Morgan fingerprint density at radius 3 is 2.17 bits per heavy atom. The molecule has 2 aliphatic rings. The van der Waals surface area contributed by atoms with Gasteiger partial charge in [0.15, 0.2) is 18.3 Å². The van der Waals surface area contributed by atoms with Gasteiger partial charge in [-0.15, -0.1) is 11.8 Å². The molecule has 0 saturated carbocycles. The van der Waals surface area contributed by atoms with Gasteiger partial charge in [0.25, 0.3) is 0 Å². The van der Waals surface area contributed by atoms with Gasteiger partial charge in [-0.1, -0.05) is 24.3 Å². The second-order valence-corrected chi connectivity index (χ2v) is 11.1. The number of hydrogen-bond donors (Lipinski definition) is 1. The zero-order valence-electron chi connectivity index (χ0n) is 22.7. The molecule has 1 fully saturated rings. The molecule has 2 aliphatic heterocycles. The van der Waals surface area contributed by atoms with Crippen molar-refractivity contribution in [3.05, 3.63) is 59.2 Å². The predicted molar refractivity (Wildman–Crippen MR) is 143 cm³/mol. The van der Waals surface area contributed by atoms with E-state index in [9.17, 15) is 24.3 Å². The number of benzene rings is 2. The van der Waals surface area contributed by atoms with E-state index in [0.717, 1.165) is 25.8 Å². The van der Waals surface area contributed by atoms with Gasteiger partial charge in [-0.3, -0.25) is 19.2 Å². The summed E-state index contributed by atoms with van der Waals surface area (Å²) in [6.45, 7) is 4.37. The normalized spacial score (nSPS) is 25.4. The van der Waals surface area contributed by atoms with Gasteiger partial charge in [-0.05, 0) is 42.2 Å². The van der Waals surface area contributed by atoms with Crippen LogP contribution in [0, 0.1) is 0 Å². The summed E-state index contributed by atoms with van der Waals surface area (Å²) in [6.07, 6.45) is -4.52. The summed E-state index contributed by atoms with van der Waals surface area (Å²) in [5, 5.41) is 11.2. The largest absolute Gasteiger partial charge is 0.508 e. The van der Waals surface area contributed by atoms with Gasteiger partial charge in [0.05, 0.1) is 0 Å². The van der Waals surface area contributed by atoms with Gasteiger partial charge >= 0.3 is 23.9 Å². The van der Waals surface area contributed by atoms with Crippen LogP contribution in [0.3, 0.4) is 0 Å². The molecular formula is C29H32O10S. The van der Waals surface area contributed by atoms with Gasteiger partial charge in [0, 0.05) is 43.4 Å². The van der Waals surface area contributed by atoms with Crippen LogP contribution in [-0.4, -0.2) is 65.3 Å². The van der Waals surface area contributed by atoms with Crippen molar-refractivity contribution < 1.29 is 48.0 Å². The van der Waals surface area contributed by atoms with Gasteiger partial charge in [-0.2, -0.15) is 0 Å². The number of esters is 4. The van der Waals surface area contributed by atoms with Crippen LogP contribution < -0.4 is 0 Å². The first-order chi connectivity index (χ1) is 19.0. The highest BCUT2D eigenvalue weighted by atomic mass is 32.2. The van der Waals surface area contributed by atoms with Crippen LogP contribution >= 0.6 is 11.8 Å². The molecule has 10 nitrogen and oxygen atoms in total. The number of phenolic OH excluding ortho intramolecular Hbond substituents is 1. The molecule has 6 atom stereocenters. The molecule has 0 bridgehead atoms. The first kappa shape index (κ1) is 29.4. The molecule has 11 heteroatoms. The van der Waals surface area contributed by atoms with E-state index in [1.165, 1.54) is 30.4 Å². The van der Waals surface area contributed by atoms with Crippen LogP contribution in [0.1, 0.15) is 50.5 Å².